The van der Waals surface area contributed by atoms with Gasteiger partial charge < -0.3 is 0 Å². The molecular weight excluding hydrogens is 564 g/mol. The topological polar surface area (TPSA) is 143 Å². The second-order valence-corrected chi connectivity index (χ2v) is 10.8. The van der Waals surface area contributed by atoms with E-state index in [0.29, 0.717) is 22.3 Å². The molecule has 0 bridgehead atoms. The van der Waals surface area contributed by atoms with Crippen LogP contribution in [-0.4, -0.2) is 0 Å². The van der Waals surface area contributed by atoms with Crippen LogP contribution in [0.3, 0.4) is 0 Å². The van der Waals surface area contributed by atoms with Crippen LogP contribution in [0.1, 0.15) is 33.4 Å². The molecule has 0 radical (unpaired) electrons. The van der Waals surface area contributed by atoms with E-state index in [0.717, 1.165) is 66.8 Å². The molecule has 0 amide bonds. The second-order valence-electron chi connectivity index (χ2n) is 10.8. The van der Waals surface area contributed by atoms with Gasteiger partial charge in [-0.2, -0.15) is 31.6 Å². The Morgan fingerprint density at radius 1 is 0.326 bits per heavy atom. The van der Waals surface area contributed by atoms with E-state index < -0.39 is 0 Å². The van der Waals surface area contributed by atoms with Gasteiger partial charge in [-0.3, -0.25) is 0 Å². The molecule has 5 aromatic carbocycles. The third kappa shape index (κ3) is 4.06. The van der Waals surface area contributed by atoms with Gasteiger partial charge in [-0.05, 0) is 115 Å². The van der Waals surface area contributed by atoms with Crippen LogP contribution in [0.2, 0.25) is 0 Å². The molecule has 0 unspecified atom stereocenters. The Kier molecular flexibility index (Phi) is 6.34. The number of benzene rings is 5. The van der Waals surface area contributed by atoms with E-state index in [2.05, 4.69) is 36.4 Å². The van der Waals surface area contributed by atoms with Crippen LogP contribution in [0.25, 0.3) is 55.7 Å². The molecule has 0 aromatic heterocycles. The molecule has 7 rings (SSSR count). The Labute approximate surface area is 264 Å². The lowest BCUT2D eigenvalue weighted by atomic mass is 9.93. The van der Waals surface area contributed by atoms with Crippen LogP contribution in [0.4, 0.5) is 0 Å². The highest BCUT2D eigenvalue weighted by molar-refractivity contribution is 6.11. The minimum absolute atomic E-state index is 0.0168. The summed E-state index contributed by atoms with van der Waals surface area (Å²) in [6.45, 7) is 0. The van der Waals surface area contributed by atoms with Crippen molar-refractivity contribution < 1.29 is 0 Å². The number of allylic oxidation sites excluding steroid dienone is 2. The molecule has 2 aliphatic carbocycles. The fourth-order valence-corrected chi connectivity index (χ4v) is 6.37. The molecule has 0 spiro atoms. The van der Waals surface area contributed by atoms with E-state index in [-0.39, 0.29) is 11.1 Å². The summed E-state index contributed by atoms with van der Waals surface area (Å²) >= 11 is 0. The summed E-state index contributed by atoms with van der Waals surface area (Å²) in [6, 6.07) is 42.7. The Morgan fingerprint density at radius 2 is 0.652 bits per heavy atom. The van der Waals surface area contributed by atoms with Gasteiger partial charge in [0.15, 0.2) is 0 Å². The van der Waals surface area contributed by atoms with Crippen molar-refractivity contribution in [2.75, 3.05) is 0 Å². The lowest BCUT2D eigenvalue weighted by Gasteiger charge is -2.08. The summed E-state index contributed by atoms with van der Waals surface area (Å²) < 4.78 is 0. The average Bonchev–Trinajstić information content (AvgIpc) is 3.60. The number of rotatable bonds is 2. The smallest absolute Gasteiger partial charge is 0.138 e. The van der Waals surface area contributed by atoms with E-state index in [1.54, 1.807) is 24.3 Å². The van der Waals surface area contributed by atoms with Gasteiger partial charge >= 0.3 is 0 Å². The standard InChI is InChI=1S/C40H16N6/c41-17-23-1-5-25(6-2-23)27-9-11-31-33-15-38-34(16-37(33)39(35(31)13-27)29(19-43)20-44)32-12-10-28(26-7-3-24(18-42)4-8-26)14-36(32)40(38)30(21-45)22-46/h1-16H. The molecule has 0 fully saturated rings. The Hall–Kier alpha value is -7.48. The van der Waals surface area contributed by atoms with Crippen molar-refractivity contribution in [1.29, 1.82) is 31.6 Å². The van der Waals surface area contributed by atoms with Gasteiger partial charge in [-0.25, -0.2) is 0 Å². The van der Waals surface area contributed by atoms with Crippen molar-refractivity contribution in [2.24, 2.45) is 0 Å². The first-order chi connectivity index (χ1) is 22.5. The maximum Gasteiger partial charge on any atom is 0.138 e. The summed E-state index contributed by atoms with van der Waals surface area (Å²) in [6.07, 6.45) is 0. The zero-order valence-corrected chi connectivity index (χ0v) is 23.9. The van der Waals surface area contributed by atoms with Crippen molar-refractivity contribution in [1.82, 2.24) is 0 Å². The minimum atomic E-state index is -0.0168. The van der Waals surface area contributed by atoms with Gasteiger partial charge in [0, 0.05) is 11.1 Å². The molecule has 0 atom stereocenters. The average molecular weight is 581 g/mol. The summed E-state index contributed by atoms with van der Waals surface area (Å²) in [7, 11) is 0. The van der Waals surface area contributed by atoms with Crippen LogP contribution < -0.4 is 0 Å². The quantitative estimate of drug-likeness (QED) is 0.188. The predicted molar refractivity (Wildman–Crippen MR) is 172 cm³/mol. The van der Waals surface area contributed by atoms with E-state index >= 15 is 0 Å². The van der Waals surface area contributed by atoms with Gasteiger partial charge in [-0.1, -0.05) is 48.5 Å². The van der Waals surface area contributed by atoms with Gasteiger partial charge in [0.05, 0.1) is 23.3 Å². The predicted octanol–water partition coefficient (Wildman–Crippen LogP) is 8.42. The fraction of sp³-hybridized carbons (Fsp3) is 0. The third-order valence-corrected chi connectivity index (χ3v) is 8.50. The molecule has 2 aliphatic rings. The second kappa shape index (κ2) is 10.7. The number of nitriles is 6. The maximum absolute atomic E-state index is 10.0. The van der Waals surface area contributed by atoms with Gasteiger partial charge in [-0.15, -0.1) is 0 Å². The first-order valence-electron chi connectivity index (χ1n) is 14.1. The number of fused-ring (bicyclic) bond motifs is 6. The molecule has 0 saturated carbocycles. The molecule has 6 nitrogen and oxygen atoms in total. The lowest BCUT2D eigenvalue weighted by Crippen LogP contribution is -1.91. The molecule has 0 N–H and O–H groups in total. The molecule has 5 aromatic rings. The molecule has 0 heterocycles. The zero-order valence-electron chi connectivity index (χ0n) is 23.9. The van der Waals surface area contributed by atoms with Crippen LogP contribution in [0.5, 0.6) is 0 Å². The first-order valence-corrected chi connectivity index (χ1v) is 14.1. The molecule has 206 valence electrons. The highest BCUT2D eigenvalue weighted by Crippen LogP contribution is 2.54. The summed E-state index contributed by atoms with van der Waals surface area (Å²) in [5.41, 5.74) is 11.8. The van der Waals surface area contributed by atoms with Gasteiger partial charge in [0.2, 0.25) is 0 Å². The van der Waals surface area contributed by atoms with Crippen molar-refractivity contribution in [2.45, 2.75) is 0 Å². The van der Waals surface area contributed by atoms with E-state index in [1.807, 2.05) is 72.8 Å². The summed E-state index contributed by atoms with van der Waals surface area (Å²) in [4.78, 5) is 0. The molecule has 6 heteroatoms. The van der Waals surface area contributed by atoms with E-state index in [4.69, 9.17) is 0 Å². The molecule has 0 aliphatic heterocycles. The van der Waals surface area contributed by atoms with Gasteiger partial charge in [0.25, 0.3) is 0 Å². The highest BCUT2D eigenvalue weighted by atomic mass is 14.4. The number of hydrogen-bond donors (Lipinski definition) is 0. The lowest BCUT2D eigenvalue weighted by molar-refractivity contribution is 1.45. The zero-order chi connectivity index (χ0) is 31.9. The van der Waals surface area contributed by atoms with E-state index in [9.17, 15) is 31.6 Å². The third-order valence-electron chi connectivity index (χ3n) is 8.50. The van der Waals surface area contributed by atoms with Crippen LogP contribution in [0.15, 0.2) is 108 Å². The van der Waals surface area contributed by atoms with Crippen molar-refractivity contribution in [3.63, 3.8) is 0 Å². The van der Waals surface area contributed by atoms with Crippen LogP contribution in [-0.2, 0) is 0 Å². The van der Waals surface area contributed by atoms with Crippen molar-refractivity contribution >= 4 is 11.1 Å². The highest BCUT2D eigenvalue weighted by Gasteiger charge is 2.34. The first kappa shape index (κ1) is 27.4. The van der Waals surface area contributed by atoms with Crippen molar-refractivity contribution in [3.05, 3.63) is 142 Å². The summed E-state index contributed by atoms with van der Waals surface area (Å²) in [5.74, 6) is 0. The molecule has 0 saturated heterocycles. The van der Waals surface area contributed by atoms with Gasteiger partial charge in [0.1, 0.15) is 35.4 Å². The molecule has 46 heavy (non-hydrogen) atoms. The van der Waals surface area contributed by atoms with E-state index in [1.165, 1.54) is 0 Å². The number of nitrogens with zero attached hydrogens (tertiary/aromatic N) is 6. The SMILES string of the molecule is N#CC(C#N)=C1c2cc(-c3ccc(C#N)cc3)ccc2-c2cc3c(cc21)-c1ccc(-c2ccc(C#N)cc2)cc1C3=C(C#N)C#N. The maximum atomic E-state index is 10.0. The number of hydrogen-bond acceptors (Lipinski definition) is 6. The van der Waals surface area contributed by atoms with Crippen LogP contribution in [0, 0.1) is 68.0 Å². The van der Waals surface area contributed by atoms with Crippen molar-refractivity contribution in [3.8, 4) is 80.9 Å². The normalized spacial score (nSPS) is 11.3. The monoisotopic (exact) mass is 580 g/mol. The Bertz CT molecular complexity index is 2290. The Balaban J connectivity index is 1.46. The minimum Gasteiger partial charge on any atom is -0.192 e. The van der Waals surface area contributed by atoms with Crippen LogP contribution >= 0.6 is 0 Å². The summed E-state index contributed by atoms with van der Waals surface area (Å²) in [5, 5.41) is 58.5. The Morgan fingerprint density at radius 3 is 0.978 bits per heavy atom. The fourth-order valence-electron chi connectivity index (χ4n) is 6.37. The molecular formula is C40H16N6. The largest absolute Gasteiger partial charge is 0.192 e.